The average Bonchev–Trinajstić information content (AvgIpc) is 0.761. The van der Waals surface area contributed by atoms with Crippen LogP contribution in [0, 0.1) is 32.5 Å². The molecule has 1 aliphatic rings. The van der Waals surface area contributed by atoms with Gasteiger partial charge < -0.3 is 28.4 Å². The molecule has 12 nitrogen and oxygen atoms in total. The molecule has 0 aromatic heterocycles. The third-order valence-electron chi connectivity index (χ3n) is 22.8. The first-order valence-corrected chi connectivity index (χ1v) is 44.2. The number of carbonyl (C=O) groups excluding carboxylic acids is 6. The molecule has 0 spiro atoms. The summed E-state index contributed by atoms with van der Waals surface area (Å²) < 4.78 is 43.2. The Morgan fingerprint density at radius 3 is 0.358 bits per heavy atom. The fourth-order valence-corrected chi connectivity index (χ4v) is 20.4. The summed E-state index contributed by atoms with van der Waals surface area (Å²) >= 11 is 0. The van der Waals surface area contributed by atoms with Crippen LogP contribution in [0.4, 0.5) is 0 Å². The Kier molecular flexibility index (Phi) is 30.8. The Morgan fingerprint density at radius 1 is 0.192 bits per heavy atom. The maximum Gasteiger partial charge on any atom is 0.167 e. The first kappa shape index (κ1) is 99.2. The van der Waals surface area contributed by atoms with Crippen molar-refractivity contribution in [1.82, 2.24) is 0 Å². The maximum atomic E-state index is 13.9. The maximum absolute atomic E-state index is 13.9. The molecule has 0 N–H and O–H groups in total. The minimum Gasteiger partial charge on any atom is -0.485 e. The Balaban J connectivity index is 1.93. The predicted molar refractivity (Wildman–Crippen MR) is 495 cm³/mol. The molecule has 0 amide bonds. The molecule has 1 aliphatic carbocycles. The van der Waals surface area contributed by atoms with E-state index in [2.05, 4.69) is 281 Å². The molecule has 7 rings (SSSR count). The van der Waals surface area contributed by atoms with Crippen LogP contribution in [0.2, 0.25) is 0 Å². The molecule has 6 aromatic rings. The Labute approximate surface area is 726 Å². The van der Waals surface area contributed by atoms with E-state index in [1.807, 2.05) is 0 Å². The SMILES string of the molecule is CC(=O)COc1c2cc(C(C)(C)CC(C)(C)C)cc1Cc1cc(C(C)(C)CC(C)(C)C)cc(c1OCC(C)=O)Cc1cc(C(C)(C)CC(C)(C)C)cc(c1OCC(C)=O)Cc1cc(C(C)(C)CC(C)(C)C)cc(c1OCC(C)=O)Cc1cc(C(C)(C)CC(C)(C)C)cc(c1OCC(C)=O)Cc1cc(C(C)(C)CC(C)(C)C)cc(c1OCC(C)=O)C2. The van der Waals surface area contributed by atoms with E-state index in [0.29, 0.717) is 34.5 Å². The topological polar surface area (TPSA) is 158 Å². The van der Waals surface area contributed by atoms with Gasteiger partial charge in [0.25, 0.3) is 0 Å². The summed E-state index contributed by atoms with van der Waals surface area (Å²) in [5.74, 6) is 2.20. The number of hydrogen-bond acceptors (Lipinski definition) is 12. The zero-order valence-corrected chi connectivity index (χ0v) is 81.6. The van der Waals surface area contributed by atoms with Gasteiger partial charge in [-0.3, -0.25) is 28.8 Å². The Morgan fingerprint density at radius 2 is 0.283 bits per heavy atom. The number of hydrogen-bond donors (Lipinski definition) is 0. The lowest BCUT2D eigenvalue weighted by Gasteiger charge is -2.35. The van der Waals surface area contributed by atoms with E-state index < -0.39 is 32.5 Å². The standard InChI is InChI=1S/C108H156O12/c1-67(109)55-115-91-73-37-75-45-86(104(27,28)62-98(10,11)12)47-77(92(75)116-56-68(2)110)39-79-49-88(106(31,32)64-100(16,17)18)51-81(94(79)118-58-70(4)112)41-83-53-90(108(35,36)66-102(22,23)24)54-84(96(83)120-60-72(6)114)42-82-52-89(107(33,34)65-101(19,20)21)50-80(95(82)119-59-71(5)113)40-78-48-87(105(29,30)63-99(13,14)15)46-76(93(78)117-57-69(3)111)38-74(91)44-85(43-73)103(25,26)61-97(7,8)9/h43-54H,37-42,55-66H2,1-36H3. The number of fused-ring (bicyclic) bond motifs is 12. The van der Waals surface area contributed by atoms with E-state index in [0.717, 1.165) is 139 Å². The van der Waals surface area contributed by atoms with Gasteiger partial charge in [-0.1, -0.05) is 281 Å². The summed E-state index contributed by atoms with van der Waals surface area (Å²) in [6, 6.07) is 27.2. The smallest absolute Gasteiger partial charge is 0.167 e. The van der Waals surface area contributed by atoms with E-state index in [9.17, 15) is 28.8 Å². The molecule has 120 heavy (non-hydrogen) atoms. The molecule has 660 valence electrons. The van der Waals surface area contributed by atoms with Gasteiger partial charge in [-0.05, 0) is 245 Å². The third kappa shape index (κ3) is 28.6. The fourth-order valence-electron chi connectivity index (χ4n) is 20.4. The van der Waals surface area contributed by atoms with E-state index in [-0.39, 0.29) is 145 Å². The van der Waals surface area contributed by atoms with Crippen LogP contribution in [0.1, 0.15) is 388 Å². The highest BCUT2D eigenvalue weighted by Crippen LogP contribution is 2.51. The predicted octanol–water partition coefficient (Wildman–Crippen LogP) is 25.6. The van der Waals surface area contributed by atoms with Gasteiger partial charge in [0, 0.05) is 38.5 Å². The van der Waals surface area contributed by atoms with Crippen LogP contribution in [0.3, 0.4) is 0 Å². The number of ether oxygens (including phenoxy) is 6. The number of benzene rings is 6. The zero-order chi connectivity index (χ0) is 90.8. The molecular formula is C108H156O12. The number of ketones is 6. The number of Topliss-reactive ketones (excluding diaryl/α,β-unsaturated/α-hetero) is 6. The molecule has 0 unspecified atom stereocenters. The van der Waals surface area contributed by atoms with Crippen LogP contribution in [-0.4, -0.2) is 74.3 Å². The van der Waals surface area contributed by atoms with Crippen LogP contribution in [-0.2, 0) is 99.8 Å². The van der Waals surface area contributed by atoms with Crippen LogP contribution < -0.4 is 28.4 Å². The summed E-state index contributed by atoms with van der Waals surface area (Å²) in [4.78, 5) is 83.3. The van der Waals surface area contributed by atoms with Gasteiger partial charge in [-0.2, -0.15) is 0 Å². The van der Waals surface area contributed by atoms with Gasteiger partial charge in [-0.15, -0.1) is 0 Å². The van der Waals surface area contributed by atoms with Crippen molar-refractivity contribution in [2.45, 2.75) is 359 Å². The normalized spacial score (nSPS) is 13.9. The number of carbonyl (C=O) groups is 6. The van der Waals surface area contributed by atoms with Gasteiger partial charge in [0.2, 0.25) is 0 Å². The Hall–Kier alpha value is -7.86. The summed E-state index contributed by atoms with van der Waals surface area (Å²) in [5.41, 5.74) is 12.5. The lowest BCUT2D eigenvalue weighted by molar-refractivity contribution is -0.119. The highest BCUT2D eigenvalue weighted by atomic mass is 16.5. The second-order valence-corrected chi connectivity index (χ2v) is 47.5. The van der Waals surface area contributed by atoms with Crippen LogP contribution >= 0.6 is 0 Å². The number of rotatable bonds is 30. The first-order valence-electron chi connectivity index (χ1n) is 44.2. The molecule has 0 heterocycles. The van der Waals surface area contributed by atoms with Gasteiger partial charge in [0.15, 0.2) is 34.7 Å². The Bertz CT molecular complexity index is 3830. The summed E-state index contributed by atoms with van der Waals surface area (Å²) in [6.45, 7) is 76.5. The lowest BCUT2D eigenvalue weighted by atomic mass is 9.70. The molecule has 12 heteroatoms. The van der Waals surface area contributed by atoms with Crippen LogP contribution in [0.25, 0.3) is 0 Å². The molecule has 0 atom stereocenters. The monoisotopic (exact) mass is 1650 g/mol. The minimum absolute atomic E-state index is 0.128. The van der Waals surface area contributed by atoms with Crippen LogP contribution in [0.5, 0.6) is 34.5 Å². The molecule has 12 bridgehead atoms. The molecule has 0 fully saturated rings. The van der Waals surface area contributed by atoms with Gasteiger partial charge >= 0.3 is 0 Å². The quantitative estimate of drug-likeness (QED) is 0.0420. The van der Waals surface area contributed by atoms with E-state index in [1.54, 1.807) is 41.5 Å². The summed E-state index contributed by atoms with van der Waals surface area (Å²) in [6.07, 6.45) is 6.17. The average molecular weight is 1650 g/mol. The highest BCUT2D eigenvalue weighted by Gasteiger charge is 2.39. The van der Waals surface area contributed by atoms with E-state index >= 15 is 0 Å². The van der Waals surface area contributed by atoms with Gasteiger partial charge in [-0.25, -0.2) is 0 Å². The molecule has 0 radical (unpaired) electrons. The zero-order valence-electron chi connectivity index (χ0n) is 81.6. The van der Waals surface area contributed by atoms with Gasteiger partial charge in [0.05, 0.1) is 0 Å². The van der Waals surface area contributed by atoms with Crippen molar-refractivity contribution in [3.63, 3.8) is 0 Å². The fraction of sp³-hybridized carbons (Fsp3) is 0.611. The van der Waals surface area contributed by atoms with Crippen molar-refractivity contribution in [3.05, 3.63) is 173 Å². The lowest BCUT2D eigenvalue weighted by Crippen LogP contribution is -2.26. The van der Waals surface area contributed by atoms with Gasteiger partial charge in [0.1, 0.15) is 74.1 Å². The second kappa shape index (κ2) is 37.3. The van der Waals surface area contributed by atoms with E-state index in [4.69, 9.17) is 28.4 Å². The largest absolute Gasteiger partial charge is 0.485 e. The first-order chi connectivity index (χ1) is 54.5. The van der Waals surface area contributed by atoms with Crippen molar-refractivity contribution >= 4 is 34.7 Å². The molecule has 0 aliphatic heterocycles. The summed E-state index contributed by atoms with van der Waals surface area (Å²) in [7, 11) is 0. The van der Waals surface area contributed by atoms with Crippen molar-refractivity contribution in [1.29, 1.82) is 0 Å². The molecule has 6 aromatic carbocycles. The molecular weight excluding hydrogens is 1490 g/mol. The van der Waals surface area contributed by atoms with E-state index in [1.165, 1.54) is 0 Å². The third-order valence-corrected chi connectivity index (χ3v) is 22.8. The molecule has 0 saturated heterocycles. The van der Waals surface area contributed by atoms with Crippen molar-refractivity contribution in [2.75, 3.05) is 39.6 Å². The van der Waals surface area contributed by atoms with Crippen LogP contribution in [0.15, 0.2) is 72.8 Å². The van der Waals surface area contributed by atoms with Crippen molar-refractivity contribution in [2.24, 2.45) is 32.5 Å². The molecule has 0 saturated carbocycles. The highest BCUT2D eigenvalue weighted by molar-refractivity contribution is 5.80. The van der Waals surface area contributed by atoms with Crippen molar-refractivity contribution < 1.29 is 57.2 Å². The minimum atomic E-state index is -0.459. The second-order valence-electron chi connectivity index (χ2n) is 47.5. The van der Waals surface area contributed by atoms with Crippen molar-refractivity contribution in [3.8, 4) is 34.5 Å². The summed E-state index contributed by atoms with van der Waals surface area (Å²) in [5, 5.41) is 0.